The van der Waals surface area contributed by atoms with Gasteiger partial charge in [0.05, 0.1) is 5.35 Å². The lowest BCUT2D eigenvalue weighted by Crippen LogP contribution is -2.67. The van der Waals surface area contributed by atoms with Crippen molar-refractivity contribution in [3.8, 4) is 0 Å². The van der Waals surface area contributed by atoms with Crippen LogP contribution in [0.25, 0.3) is 0 Å². The third-order valence-corrected chi connectivity index (χ3v) is 14.3. The van der Waals surface area contributed by atoms with E-state index < -0.39 is 22.0 Å². The molecule has 0 radical (unpaired) electrons. The second kappa shape index (κ2) is 7.93. The van der Waals surface area contributed by atoms with Crippen LogP contribution in [-0.4, -0.2) is 28.6 Å². The number of hydrogen-bond acceptors (Lipinski definition) is 3. The normalized spacial score (nSPS) is 18.9. The van der Waals surface area contributed by atoms with Crippen molar-refractivity contribution in [2.75, 3.05) is 6.61 Å². The molecule has 0 heterocycles. The Bertz CT molecular complexity index is 242. The van der Waals surface area contributed by atoms with Gasteiger partial charge in [-0.3, -0.25) is 0 Å². The van der Waals surface area contributed by atoms with Gasteiger partial charge in [-0.25, -0.2) is 0 Å². The quantitative estimate of drug-likeness (QED) is 0.485. The smallest absolute Gasteiger partial charge is 0.336 e. The van der Waals surface area contributed by atoms with Crippen LogP contribution in [0.2, 0.25) is 30.7 Å². The van der Waals surface area contributed by atoms with Crippen molar-refractivity contribution in [1.29, 1.82) is 0 Å². The van der Waals surface area contributed by atoms with E-state index in [0.717, 1.165) is 19.1 Å². The van der Waals surface area contributed by atoms with E-state index in [0.29, 0.717) is 0 Å². The van der Waals surface area contributed by atoms with E-state index in [1.807, 2.05) is 6.92 Å². The largest absolute Gasteiger partial charge is 0.395 e. The SMILES string of the molecule is CCC[Si](C)(OCC)OC(C)(N)[Si](CC)(CC)CC. The van der Waals surface area contributed by atoms with E-state index in [-0.39, 0.29) is 0 Å². The molecule has 0 saturated carbocycles. The molecule has 0 saturated heterocycles. The van der Waals surface area contributed by atoms with Gasteiger partial charge in [0.15, 0.2) is 0 Å². The van der Waals surface area contributed by atoms with Crippen LogP contribution in [0.15, 0.2) is 0 Å². The van der Waals surface area contributed by atoms with Gasteiger partial charge in [0.25, 0.3) is 0 Å². The lowest BCUT2D eigenvalue weighted by molar-refractivity contribution is 0.0951. The Morgan fingerprint density at radius 3 is 1.79 bits per heavy atom. The van der Waals surface area contributed by atoms with E-state index >= 15 is 0 Å². The predicted octanol–water partition coefficient (Wildman–Crippen LogP) is 4.24. The fourth-order valence-electron chi connectivity index (χ4n) is 3.27. The topological polar surface area (TPSA) is 44.5 Å². The summed E-state index contributed by atoms with van der Waals surface area (Å²) < 4.78 is 12.5. The molecule has 0 aromatic rings. The molecule has 116 valence electrons. The summed E-state index contributed by atoms with van der Waals surface area (Å²) >= 11 is 0. The Labute approximate surface area is 122 Å². The molecular weight excluding hydrogens is 270 g/mol. The van der Waals surface area contributed by atoms with Gasteiger partial charge in [-0.05, 0) is 26.4 Å². The van der Waals surface area contributed by atoms with Crippen molar-refractivity contribution in [3.05, 3.63) is 0 Å². The maximum absolute atomic E-state index is 6.67. The summed E-state index contributed by atoms with van der Waals surface area (Å²) in [5.74, 6) is 0. The Morgan fingerprint density at radius 2 is 1.47 bits per heavy atom. The van der Waals surface area contributed by atoms with Crippen LogP contribution in [0.3, 0.4) is 0 Å². The second-order valence-electron chi connectivity index (χ2n) is 5.87. The predicted molar refractivity (Wildman–Crippen MR) is 89.2 cm³/mol. The lowest BCUT2D eigenvalue weighted by Gasteiger charge is -2.47. The molecule has 0 aliphatic rings. The van der Waals surface area contributed by atoms with Crippen LogP contribution in [-0.2, 0) is 8.85 Å². The van der Waals surface area contributed by atoms with Gasteiger partial charge in [0.1, 0.15) is 8.07 Å². The first-order valence-electron chi connectivity index (χ1n) is 7.89. The third-order valence-electron chi connectivity index (χ3n) is 4.67. The van der Waals surface area contributed by atoms with Crippen molar-refractivity contribution in [2.45, 2.75) is 84.0 Å². The van der Waals surface area contributed by atoms with E-state index in [9.17, 15) is 0 Å². The first kappa shape index (κ1) is 19.3. The van der Waals surface area contributed by atoms with Crippen molar-refractivity contribution in [2.24, 2.45) is 5.73 Å². The highest BCUT2D eigenvalue weighted by Crippen LogP contribution is 2.34. The Hall–Kier alpha value is 0.314. The summed E-state index contributed by atoms with van der Waals surface area (Å²) in [4.78, 5) is 0. The molecule has 19 heavy (non-hydrogen) atoms. The summed E-state index contributed by atoms with van der Waals surface area (Å²) in [5, 5.41) is -0.476. The Morgan fingerprint density at radius 1 is 1.00 bits per heavy atom. The van der Waals surface area contributed by atoms with Crippen molar-refractivity contribution >= 4 is 16.6 Å². The highest BCUT2D eigenvalue weighted by Gasteiger charge is 2.49. The molecule has 0 amide bonds. The van der Waals surface area contributed by atoms with Crippen LogP contribution in [0.4, 0.5) is 0 Å². The first-order chi connectivity index (χ1) is 8.76. The molecule has 0 rings (SSSR count). The van der Waals surface area contributed by atoms with E-state index in [1.165, 1.54) is 18.1 Å². The summed E-state index contributed by atoms with van der Waals surface area (Å²) in [6.07, 6.45) is 1.09. The van der Waals surface area contributed by atoms with Crippen LogP contribution in [0.1, 0.15) is 48.0 Å². The second-order valence-corrected chi connectivity index (χ2v) is 14.8. The number of hydrogen-bond donors (Lipinski definition) is 1. The average molecular weight is 306 g/mol. The molecule has 0 fully saturated rings. The molecule has 5 heteroatoms. The molecule has 2 unspecified atom stereocenters. The molecule has 0 aromatic carbocycles. The number of rotatable bonds is 10. The Kier molecular flexibility index (Phi) is 8.06. The number of nitrogens with two attached hydrogens (primary N) is 1. The van der Waals surface area contributed by atoms with Gasteiger partial charge in [0.2, 0.25) is 0 Å². The van der Waals surface area contributed by atoms with Gasteiger partial charge in [-0.2, -0.15) is 0 Å². The van der Waals surface area contributed by atoms with Gasteiger partial charge >= 0.3 is 8.56 Å². The van der Waals surface area contributed by atoms with E-state index in [1.54, 1.807) is 0 Å². The van der Waals surface area contributed by atoms with Gasteiger partial charge in [-0.1, -0.05) is 52.2 Å². The highest BCUT2D eigenvalue weighted by atomic mass is 28.4. The molecule has 0 aliphatic heterocycles. The van der Waals surface area contributed by atoms with Crippen LogP contribution in [0.5, 0.6) is 0 Å². The maximum Gasteiger partial charge on any atom is 0.336 e. The standard InChI is InChI=1S/C14H35NO2Si2/c1-8-13-18(7,16-9-2)17-14(6,15)19(10-3,11-4)12-5/h8-13,15H2,1-7H3. The zero-order valence-electron chi connectivity index (χ0n) is 14.1. The van der Waals surface area contributed by atoms with Crippen LogP contribution < -0.4 is 5.73 Å². The Balaban J connectivity index is 5.17. The van der Waals surface area contributed by atoms with Crippen LogP contribution >= 0.6 is 0 Å². The zero-order valence-corrected chi connectivity index (χ0v) is 16.1. The minimum atomic E-state index is -2.13. The van der Waals surface area contributed by atoms with Gasteiger partial charge in [-0.15, -0.1) is 0 Å². The highest BCUT2D eigenvalue weighted by molar-refractivity contribution is 6.83. The molecule has 0 aromatic heterocycles. The molecule has 2 atom stereocenters. The minimum absolute atomic E-state index is 0.476. The van der Waals surface area contributed by atoms with Crippen molar-refractivity contribution in [3.63, 3.8) is 0 Å². The van der Waals surface area contributed by atoms with E-state index in [4.69, 9.17) is 14.6 Å². The minimum Gasteiger partial charge on any atom is -0.395 e. The van der Waals surface area contributed by atoms with Crippen LogP contribution in [0, 0.1) is 0 Å². The summed E-state index contributed by atoms with van der Waals surface area (Å²) in [6, 6.07) is 4.55. The molecule has 0 aliphatic carbocycles. The molecule has 0 bridgehead atoms. The molecule has 3 nitrogen and oxygen atoms in total. The van der Waals surface area contributed by atoms with Crippen molar-refractivity contribution in [1.82, 2.24) is 0 Å². The fourth-order valence-corrected chi connectivity index (χ4v) is 11.1. The first-order valence-corrected chi connectivity index (χ1v) is 13.0. The van der Waals surface area contributed by atoms with Crippen molar-refractivity contribution < 1.29 is 8.85 Å². The third kappa shape index (κ3) is 4.67. The summed E-state index contributed by atoms with van der Waals surface area (Å²) in [5.41, 5.74) is 6.67. The monoisotopic (exact) mass is 305 g/mol. The maximum atomic E-state index is 6.67. The summed E-state index contributed by atoms with van der Waals surface area (Å²) in [7, 11) is -3.74. The fraction of sp³-hybridized carbons (Fsp3) is 1.00. The summed E-state index contributed by atoms with van der Waals surface area (Å²) in [6.45, 7) is 16.0. The molecular formula is C14H35NO2Si2. The van der Waals surface area contributed by atoms with Gasteiger partial charge in [0, 0.05) is 6.61 Å². The molecule has 0 spiro atoms. The average Bonchev–Trinajstić information content (AvgIpc) is 2.31. The zero-order chi connectivity index (χ0) is 15.2. The van der Waals surface area contributed by atoms with Gasteiger partial charge < -0.3 is 14.6 Å². The molecule has 2 N–H and O–H groups in total. The lowest BCUT2D eigenvalue weighted by atomic mass is 10.6. The van der Waals surface area contributed by atoms with E-state index in [2.05, 4.69) is 41.2 Å².